The summed E-state index contributed by atoms with van der Waals surface area (Å²) >= 11 is 0. The lowest BCUT2D eigenvalue weighted by molar-refractivity contribution is -0.121. The van der Waals surface area contributed by atoms with Crippen molar-refractivity contribution in [1.29, 1.82) is 0 Å². The van der Waals surface area contributed by atoms with Crippen molar-refractivity contribution in [2.75, 3.05) is 13.1 Å². The molecule has 0 bridgehead atoms. The largest absolute Gasteiger partial charge is 0.355 e. The zero-order valence-electron chi connectivity index (χ0n) is 13.1. The molecule has 3 nitrogen and oxygen atoms in total. The smallest absolute Gasteiger partial charge is 0.220 e. The van der Waals surface area contributed by atoms with Gasteiger partial charge in [0.25, 0.3) is 0 Å². The molecule has 112 valence electrons. The Morgan fingerprint density at radius 3 is 2.35 bits per heavy atom. The SMILES string of the molecule is CCN[C@H](C)CNC(=O)CC(c1ccccc1)C(C)C. The molecule has 2 N–H and O–H groups in total. The van der Waals surface area contributed by atoms with Gasteiger partial charge in [-0.05, 0) is 30.9 Å². The quantitative estimate of drug-likeness (QED) is 0.766. The molecule has 0 radical (unpaired) electrons. The minimum atomic E-state index is 0.136. The topological polar surface area (TPSA) is 41.1 Å². The molecule has 1 amide bonds. The van der Waals surface area contributed by atoms with Crippen molar-refractivity contribution in [2.45, 2.75) is 46.1 Å². The molecule has 0 spiro atoms. The predicted octanol–water partition coefficient (Wildman–Crippen LogP) is 2.93. The maximum absolute atomic E-state index is 12.1. The first-order valence-corrected chi connectivity index (χ1v) is 7.59. The van der Waals surface area contributed by atoms with Crippen molar-refractivity contribution in [3.05, 3.63) is 35.9 Å². The summed E-state index contributed by atoms with van der Waals surface area (Å²) in [5, 5.41) is 6.31. The van der Waals surface area contributed by atoms with Crippen LogP contribution >= 0.6 is 0 Å². The summed E-state index contributed by atoms with van der Waals surface area (Å²) in [7, 11) is 0. The van der Waals surface area contributed by atoms with Crippen LogP contribution in [0.5, 0.6) is 0 Å². The molecule has 1 rings (SSSR count). The normalized spacial score (nSPS) is 14.1. The van der Waals surface area contributed by atoms with Crippen molar-refractivity contribution in [3.8, 4) is 0 Å². The number of rotatable bonds is 8. The Morgan fingerprint density at radius 1 is 1.15 bits per heavy atom. The number of amides is 1. The van der Waals surface area contributed by atoms with E-state index in [0.29, 0.717) is 24.9 Å². The second-order valence-electron chi connectivity index (χ2n) is 5.73. The van der Waals surface area contributed by atoms with E-state index in [1.807, 2.05) is 18.2 Å². The number of carbonyl (C=O) groups is 1. The van der Waals surface area contributed by atoms with Gasteiger partial charge in [0.1, 0.15) is 0 Å². The molecule has 0 aliphatic rings. The molecule has 3 heteroatoms. The molecule has 1 aromatic carbocycles. The van der Waals surface area contributed by atoms with Gasteiger partial charge >= 0.3 is 0 Å². The summed E-state index contributed by atoms with van der Waals surface area (Å²) < 4.78 is 0. The van der Waals surface area contributed by atoms with Crippen LogP contribution in [-0.2, 0) is 4.79 Å². The third kappa shape index (κ3) is 5.74. The first-order valence-electron chi connectivity index (χ1n) is 7.59. The number of nitrogens with one attached hydrogen (secondary N) is 2. The summed E-state index contributed by atoms with van der Waals surface area (Å²) in [6.45, 7) is 10.1. The predicted molar refractivity (Wildman–Crippen MR) is 84.8 cm³/mol. The van der Waals surface area contributed by atoms with E-state index < -0.39 is 0 Å². The van der Waals surface area contributed by atoms with Gasteiger partial charge in [-0.2, -0.15) is 0 Å². The summed E-state index contributed by atoms with van der Waals surface area (Å²) in [6, 6.07) is 10.6. The third-order valence-corrected chi connectivity index (χ3v) is 3.60. The van der Waals surface area contributed by atoms with E-state index in [-0.39, 0.29) is 11.8 Å². The Labute approximate surface area is 123 Å². The van der Waals surface area contributed by atoms with Crippen molar-refractivity contribution < 1.29 is 4.79 Å². The van der Waals surface area contributed by atoms with Crippen molar-refractivity contribution in [1.82, 2.24) is 10.6 Å². The molecular formula is C17H28N2O. The van der Waals surface area contributed by atoms with Gasteiger partial charge in [0.2, 0.25) is 5.91 Å². The van der Waals surface area contributed by atoms with E-state index in [2.05, 4.69) is 50.5 Å². The first kappa shape index (κ1) is 16.7. The number of benzene rings is 1. The van der Waals surface area contributed by atoms with Crippen molar-refractivity contribution in [2.24, 2.45) is 5.92 Å². The highest BCUT2D eigenvalue weighted by molar-refractivity contribution is 5.77. The second kappa shape index (κ2) is 8.75. The summed E-state index contributed by atoms with van der Waals surface area (Å²) in [5.41, 5.74) is 1.25. The van der Waals surface area contributed by atoms with Gasteiger partial charge in [0, 0.05) is 19.0 Å². The number of likely N-dealkylation sites (N-methyl/N-ethyl adjacent to an activating group) is 1. The fourth-order valence-electron chi connectivity index (χ4n) is 2.40. The van der Waals surface area contributed by atoms with Gasteiger partial charge in [-0.25, -0.2) is 0 Å². The molecule has 1 aromatic rings. The zero-order valence-corrected chi connectivity index (χ0v) is 13.1. The Kier molecular flexibility index (Phi) is 7.31. The second-order valence-corrected chi connectivity index (χ2v) is 5.73. The first-order chi connectivity index (χ1) is 9.54. The molecule has 0 saturated heterocycles. The van der Waals surface area contributed by atoms with Gasteiger partial charge in [-0.15, -0.1) is 0 Å². The monoisotopic (exact) mass is 276 g/mol. The molecule has 20 heavy (non-hydrogen) atoms. The highest BCUT2D eigenvalue weighted by atomic mass is 16.1. The average molecular weight is 276 g/mol. The third-order valence-electron chi connectivity index (χ3n) is 3.60. The van der Waals surface area contributed by atoms with Gasteiger partial charge in [-0.1, -0.05) is 51.1 Å². The van der Waals surface area contributed by atoms with Crippen LogP contribution in [0.25, 0.3) is 0 Å². The van der Waals surface area contributed by atoms with Crippen molar-refractivity contribution >= 4 is 5.91 Å². The maximum Gasteiger partial charge on any atom is 0.220 e. The molecule has 0 aliphatic heterocycles. The zero-order chi connectivity index (χ0) is 15.0. The van der Waals surface area contributed by atoms with Crippen LogP contribution in [0.2, 0.25) is 0 Å². The van der Waals surface area contributed by atoms with Crippen LogP contribution in [0.4, 0.5) is 0 Å². The average Bonchev–Trinajstić information content (AvgIpc) is 2.43. The van der Waals surface area contributed by atoms with Crippen LogP contribution in [0.3, 0.4) is 0 Å². The Bertz CT molecular complexity index is 389. The molecule has 0 saturated carbocycles. The highest BCUT2D eigenvalue weighted by Gasteiger charge is 2.19. The molecule has 0 heterocycles. The summed E-state index contributed by atoms with van der Waals surface area (Å²) in [5.74, 6) is 0.872. The number of hydrogen-bond donors (Lipinski definition) is 2. The van der Waals surface area contributed by atoms with Gasteiger partial charge < -0.3 is 10.6 Å². The molecule has 0 aromatic heterocycles. The minimum Gasteiger partial charge on any atom is -0.355 e. The van der Waals surface area contributed by atoms with Crippen LogP contribution in [0.1, 0.15) is 45.6 Å². The van der Waals surface area contributed by atoms with E-state index in [1.54, 1.807) is 0 Å². The molecule has 0 fully saturated rings. The summed E-state index contributed by atoms with van der Waals surface area (Å²) in [4.78, 5) is 12.1. The Balaban J connectivity index is 2.52. The number of hydrogen-bond acceptors (Lipinski definition) is 2. The lowest BCUT2D eigenvalue weighted by atomic mass is 9.85. The van der Waals surface area contributed by atoms with Gasteiger partial charge in [-0.3, -0.25) is 4.79 Å². The van der Waals surface area contributed by atoms with Crippen LogP contribution in [0, 0.1) is 5.92 Å². The highest BCUT2D eigenvalue weighted by Crippen LogP contribution is 2.27. The standard InChI is InChI=1S/C17H28N2O/c1-5-18-14(4)12-19-17(20)11-16(13(2)3)15-9-7-6-8-10-15/h6-10,13-14,16,18H,5,11-12H2,1-4H3,(H,19,20)/t14-,16?/m1/s1. The molecule has 0 aliphatic carbocycles. The fraction of sp³-hybridized carbons (Fsp3) is 0.588. The van der Waals surface area contributed by atoms with E-state index in [9.17, 15) is 4.79 Å². The Hall–Kier alpha value is -1.35. The number of carbonyl (C=O) groups excluding carboxylic acids is 1. The maximum atomic E-state index is 12.1. The van der Waals surface area contributed by atoms with E-state index >= 15 is 0 Å². The Morgan fingerprint density at radius 2 is 1.80 bits per heavy atom. The van der Waals surface area contributed by atoms with Crippen LogP contribution in [-0.4, -0.2) is 25.0 Å². The van der Waals surface area contributed by atoms with Gasteiger partial charge in [0.15, 0.2) is 0 Å². The minimum absolute atomic E-state index is 0.136. The van der Waals surface area contributed by atoms with Crippen molar-refractivity contribution in [3.63, 3.8) is 0 Å². The van der Waals surface area contributed by atoms with Crippen LogP contribution < -0.4 is 10.6 Å². The molecular weight excluding hydrogens is 248 g/mol. The van der Waals surface area contributed by atoms with Gasteiger partial charge in [0.05, 0.1) is 0 Å². The fourth-order valence-corrected chi connectivity index (χ4v) is 2.40. The molecule has 2 atom stereocenters. The molecule has 1 unspecified atom stereocenters. The van der Waals surface area contributed by atoms with Crippen LogP contribution in [0.15, 0.2) is 30.3 Å². The lowest BCUT2D eigenvalue weighted by Gasteiger charge is -2.21. The van der Waals surface area contributed by atoms with E-state index in [0.717, 1.165) is 6.54 Å². The van der Waals surface area contributed by atoms with E-state index in [1.165, 1.54) is 5.56 Å². The lowest BCUT2D eigenvalue weighted by Crippen LogP contribution is -2.39. The van der Waals surface area contributed by atoms with E-state index in [4.69, 9.17) is 0 Å². The summed E-state index contributed by atoms with van der Waals surface area (Å²) in [6.07, 6.45) is 0.556.